The summed E-state index contributed by atoms with van der Waals surface area (Å²) < 4.78 is 5.21. The SMILES string of the molecule is COC(C)(C)CNc1scnc1C(=O)O. The van der Waals surface area contributed by atoms with Crippen molar-refractivity contribution in [2.75, 3.05) is 19.0 Å². The fraction of sp³-hybridized carbons (Fsp3) is 0.556. The fourth-order valence-electron chi connectivity index (χ4n) is 0.889. The molecular weight excluding hydrogens is 216 g/mol. The molecule has 0 atom stereocenters. The molecule has 84 valence electrons. The number of anilines is 1. The molecule has 6 heteroatoms. The maximum absolute atomic E-state index is 10.7. The van der Waals surface area contributed by atoms with Crippen LogP contribution in [0.1, 0.15) is 24.3 Å². The zero-order chi connectivity index (χ0) is 11.5. The van der Waals surface area contributed by atoms with Crippen LogP contribution >= 0.6 is 11.3 Å². The highest BCUT2D eigenvalue weighted by molar-refractivity contribution is 7.14. The van der Waals surface area contributed by atoms with Gasteiger partial charge < -0.3 is 15.2 Å². The lowest BCUT2D eigenvalue weighted by Gasteiger charge is -2.23. The van der Waals surface area contributed by atoms with Gasteiger partial charge in [-0.15, -0.1) is 11.3 Å². The Morgan fingerprint density at radius 2 is 2.40 bits per heavy atom. The van der Waals surface area contributed by atoms with Gasteiger partial charge >= 0.3 is 5.97 Å². The van der Waals surface area contributed by atoms with E-state index in [1.54, 1.807) is 7.11 Å². The monoisotopic (exact) mass is 230 g/mol. The highest BCUT2D eigenvalue weighted by Crippen LogP contribution is 2.21. The third kappa shape index (κ3) is 3.17. The van der Waals surface area contributed by atoms with Gasteiger partial charge in [-0.1, -0.05) is 0 Å². The minimum atomic E-state index is -1.02. The van der Waals surface area contributed by atoms with Crippen LogP contribution in [-0.4, -0.2) is 35.3 Å². The second-order valence-electron chi connectivity index (χ2n) is 3.65. The maximum Gasteiger partial charge on any atom is 0.357 e. The Hall–Kier alpha value is -1.14. The predicted octanol–water partition coefficient (Wildman–Crippen LogP) is 1.68. The molecule has 1 rings (SSSR count). The Kier molecular flexibility index (Phi) is 3.65. The molecule has 0 aliphatic carbocycles. The molecule has 0 amide bonds. The summed E-state index contributed by atoms with van der Waals surface area (Å²) in [4.78, 5) is 14.5. The summed E-state index contributed by atoms with van der Waals surface area (Å²) >= 11 is 1.27. The standard InChI is InChI=1S/C9H14N2O3S/c1-9(2,14-3)4-10-7-6(8(12)13)11-5-15-7/h5,10H,4H2,1-3H3,(H,12,13). The van der Waals surface area contributed by atoms with Crippen molar-refractivity contribution in [1.29, 1.82) is 0 Å². The van der Waals surface area contributed by atoms with Gasteiger partial charge in [0, 0.05) is 13.7 Å². The molecule has 1 aromatic heterocycles. The Bertz CT molecular complexity index is 349. The van der Waals surface area contributed by atoms with Crippen LogP contribution in [0.3, 0.4) is 0 Å². The van der Waals surface area contributed by atoms with E-state index in [0.29, 0.717) is 11.5 Å². The zero-order valence-corrected chi connectivity index (χ0v) is 9.72. The molecule has 0 saturated heterocycles. The van der Waals surface area contributed by atoms with E-state index < -0.39 is 5.97 Å². The van der Waals surface area contributed by atoms with Crippen LogP contribution in [0.4, 0.5) is 5.00 Å². The zero-order valence-electron chi connectivity index (χ0n) is 8.90. The van der Waals surface area contributed by atoms with Crippen molar-refractivity contribution in [3.8, 4) is 0 Å². The second kappa shape index (κ2) is 4.59. The fourth-order valence-corrected chi connectivity index (χ4v) is 1.56. The number of nitrogens with zero attached hydrogens (tertiary/aromatic N) is 1. The summed E-state index contributed by atoms with van der Waals surface area (Å²) in [5.41, 5.74) is 1.23. The Morgan fingerprint density at radius 3 is 2.93 bits per heavy atom. The van der Waals surface area contributed by atoms with Gasteiger partial charge in [-0.2, -0.15) is 0 Å². The smallest absolute Gasteiger partial charge is 0.357 e. The molecule has 0 radical (unpaired) electrons. The quantitative estimate of drug-likeness (QED) is 0.805. The predicted molar refractivity (Wildman–Crippen MR) is 58.7 cm³/mol. The van der Waals surface area contributed by atoms with E-state index in [-0.39, 0.29) is 11.3 Å². The van der Waals surface area contributed by atoms with E-state index in [0.717, 1.165) is 0 Å². The van der Waals surface area contributed by atoms with Crippen molar-refractivity contribution in [2.45, 2.75) is 19.4 Å². The summed E-state index contributed by atoms with van der Waals surface area (Å²) in [6, 6.07) is 0. The number of carbonyl (C=O) groups is 1. The third-order valence-electron chi connectivity index (χ3n) is 2.00. The lowest BCUT2D eigenvalue weighted by Crippen LogP contribution is -2.32. The van der Waals surface area contributed by atoms with Crippen molar-refractivity contribution < 1.29 is 14.6 Å². The number of aromatic carboxylic acids is 1. The number of aromatic nitrogens is 1. The first-order chi connectivity index (χ1) is 6.96. The average molecular weight is 230 g/mol. The van der Waals surface area contributed by atoms with Crippen molar-refractivity contribution in [1.82, 2.24) is 4.98 Å². The van der Waals surface area contributed by atoms with Gasteiger partial charge in [0.05, 0.1) is 11.1 Å². The van der Waals surface area contributed by atoms with Crippen LogP contribution in [0.25, 0.3) is 0 Å². The van der Waals surface area contributed by atoms with E-state index in [1.807, 2.05) is 13.8 Å². The molecule has 5 nitrogen and oxygen atoms in total. The van der Waals surface area contributed by atoms with Crippen LogP contribution in [0.5, 0.6) is 0 Å². The first kappa shape index (κ1) is 11.9. The Labute approximate surface area is 92.1 Å². The van der Waals surface area contributed by atoms with Crippen molar-refractivity contribution >= 4 is 22.3 Å². The Morgan fingerprint density at radius 1 is 1.73 bits per heavy atom. The van der Waals surface area contributed by atoms with Crippen LogP contribution in [0.15, 0.2) is 5.51 Å². The average Bonchev–Trinajstić information content (AvgIpc) is 2.63. The van der Waals surface area contributed by atoms with Gasteiger partial charge in [-0.05, 0) is 13.8 Å². The van der Waals surface area contributed by atoms with Gasteiger partial charge in [0.2, 0.25) is 0 Å². The number of carboxylic acid groups (broad SMARTS) is 1. The van der Waals surface area contributed by atoms with Crippen LogP contribution in [0.2, 0.25) is 0 Å². The molecule has 0 bridgehead atoms. The molecule has 0 aliphatic heterocycles. The Balaban J connectivity index is 2.65. The molecule has 0 fully saturated rings. The van der Waals surface area contributed by atoms with Gasteiger partial charge in [0.1, 0.15) is 5.00 Å². The summed E-state index contributed by atoms with van der Waals surface area (Å²) in [5, 5.41) is 12.4. The maximum atomic E-state index is 10.7. The minimum Gasteiger partial charge on any atom is -0.476 e. The molecule has 0 unspecified atom stereocenters. The normalized spacial score (nSPS) is 11.4. The second-order valence-corrected chi connectivity index (χ2v) is 4.51. The molecule has 0 saturated carbocycles. The van der Waals surface area contributed by atoms with E-state index in [2.05, 4.69) is 10.3 Å². The number of carboxylic acids is 1. The molecule has 1 heterocycles. The van der Waals surface area contributed by atoms with Crippen LogP contribution in [-0.2, 0) is 4.74 Å². The molecule has 0 aromatic carbocycles. The lowest BCUT2D eigenvalue weighted by molar-refractivity contribution is 0.0343. The van der Waals surface area contributed by atoms with Crippen LogP contribution < -0.4 is 5.32 Å². The summed E-state index contributed by atoms with van der Waals surface area (Å²) in [6.45, 7) is 4.37. The van der Waals surface area contributed by atoms with Gasteiger partial charge in [0.15, 0.2) is 5.69 Å². The van der Waals surface area contributed by atoms with Gasteiger partial charge in [-0.25, -0.2) is 9.78 Å². The molecule has 0 aliphatic rings. The largest absolute Gasteiger partial charge is 0.476 e. The molecule has 0 spiro atoms. The lowest BCUT2D eigenvalue weighted by atomic mass is 10.1. The number of ether oxygens (including phenoxy) is 1. The summed E-state index contributed by atoms with van der Waals surface area (Å²) in [7, 11) is 1.62. The van der Waals surface area contributed by atoms with E-state index in [1.165, 1.54) is 16.8 Å². The number of nitrogens with one attached hydrogen (secondary N) is 1. The summed E-state index contributed by atoms with van der Waals surface area (Å²) in [6.07, 6.45) is 0. The topological polar surface area (TPSA) is 71.5 Å². The third-order valence-corrected chi connectivity index (χ3v) is 2.78. The molecule has 1 aromatic rings. The number of thiazole rings is 1. The first-order valence-electron chi connectivity index (χ1n) is 4.42. The van der Waals surface area contributed by atoms with E-state index in [9.17, 15) is 4.79 Å². The summed E-state index contributed by atoms with van der Waals surface area (Å²) in [5.74, 6) is -1.02. The highest BCUT2D eigenvalue weighted by atomic mass is 32.1. The number of hydrogen-bond acceptors (Lipinski definition) is 5. The van der Waals surface area contributed by atoms with E-state index in [4.69, 9.17) is 9.84 Å². The first-order valence-corrected chi connectivity index (χ1v) is 5.30. The number of methoxy groups -OCH3 is 1. The van der Waals surface area contributed by atoms with Crippen molar-refractivity contribution in [3.05, 3.63) is 11.2 Å². The minimum absolute atomic E-state index is 0.0619. The van der Waals surface area contributed by atoms with Crippen molar-refractivity contribution in [3.63, 3.8) is 0 Å². The van der Waals surface area contributed by atoms with Gasteiger partial charge in [-0.3, -0.25) is 0 Å². The molecule has 2 N–H and O–H groups in total. The highest BCUT2D eigenvalue weighted by Gasteiger charge is 2.19. The number of hydrogen-bond donors (Lipinski definition) is 2. The molecular formula is C9H14N2O3S. The molecule has 15 heavy (non-hydrogen) atoms. The van der Waals surface area contributed by atoms with Crippen molar-refractivity contribution in [2.24, 2.45) is 0 Å². The number of rotatable bonds is 5. The van der Waals surface area contributed by atoms with Gasteiger partial charge in [0.25, 0.3) is 0 Å². The van der Waals surface area contributed by atoms with E-state index >= 15 is 0 Å². The van der Waals surface area contributed by atoms with Crippen LogP contribution in [0, 0.1) is 0 Å².